The van der Waals surface area contributed by atoms with Gasteiger partial charge in [0, 0.05) is 25.0 Å². The Balaban J connectivity index is 1.58. The molecule has 0 unspecified atom stereocenters. The Morgan fingerprint density at radius 1 is 1.21 bits per heavy atom. The number of hydrogen-bond acceptors (Lipinski definition) is 2. The zero-order chi connectivity index (χ0) is 14.0. The monoisotopic (exact) mass is 270 g/mol. The molecular weight excluding hydrogens is 239 g/mol. The van der Waals surface area contributed by atoms with E-state index in [4.69, 9.17) is 0 Å². The summed E-state index contributed by atoms with van der Waals surface area (Å²) in [5.41, 5.74) is 0. The Hall–Kier alpha value is -0.150. The first-order valence-electron chi connectivity index (χ1n) is 8.00. The van der Waals surface area contributed by atoms with Gasteiger partial charge in [-0.25, -0.2) is 4.39 Å². The summed E-state index contributed by atoms with van der Waals surface area (Å²) in [5, 5.41) is 0. The highest BCUT2D eigenvalue weighted by Crippen LogP contribution is 2.34. The molecule has 0 aromatic rings. The number of alkyl halides is 1. The second-order valence-corrected chi connectivity index (χ2v) is 7.28. The maximum Gasteiger partial charge on any atom is 0.117 e. The van der Waals surface area contributed by atoms with E-state index in [0.29, 0.717) is 12.5 Å². The van der Waals surface area contributed by atoms with E-state index in [9.17, 15) is 4.39 Å². The van der Waals surface area contributed by atoms with Crippen molar-refractivity contribution in [2.45, 2.75) is 51.7 Å². The van der Waals surface area contributed by atoms with Crippen LogP contribution in [0.3, 0.4) is 0 Å². The lowest BCUT2D eigenvalue weighted by Crippen LogP contribution is -2.40. The Kier molecular flexibility index (Phi) is 5.24. The van der Waals surface area contributed by atoms with Crippen molar-refractivity contribution in [3.05, 3.63) is 0 Å². The molecule has 0 aromatic heterocycles. The summed E-state index contributed by atoms with van der Waals surface area (Å²) in [6.07, 6.45) is 4.73. The molecule has 3 heteroatoms. The summed E-state index contributed by atoms with van der Waals surface area (Å²) in [6, 6.07) is 0.817. The van der Waals surface area contributed by atoms with E-state index in [1.807, 2.05) is 0 Å². The summed E-state index contributed by atoms with van der Waals surface area (Å²) in [6.45, 7) is 7.05. The van der Waals surface area contributed by atoms with Crippen molar-refractivity contribution in [3.8, 4) is 0 Å². The van der Waals surface area contributed by atoms with Crippen LogP contribution in [0.1, 0.15) is 39.5 Å². The average Bonchev–Trinajstić information content (AvgIpc) is 2.62. The molecule has 0 spiro atoms. The van der Waals surface area contributed by atoms with E-state index in [0.717, 1.165) is 25.0 Å². The third-order valence-corrected chi connectivity index (χ3v) is 5.25. The number of halogens is 1. The van der Waals surface area contributed by atoms with E-state index >= 15 is 0 Å². The van der Waals surface area contributed by atoms with Gasteiger partial charge in [0.25, 0.3) is 0 Å². The van der Waals surface area contributed by atoms with Gasteiger partial charge in [-0.1, -0.05) is 13.8 Å². The largest absolute Gasteiger partial charge is 0.306 e. The van der Waals surface area contributed by atoms with Crippen molar-refractivity contribution in [2.75, 3.05) is 33.7 Å². The van der Waals surface area contributed by atoms with Crippen LogP contribution >= 0.6 is 0 Å². The van der Waals surface area contributed by atoms with Crippen molar-refractivity contribution in [1.82, 2.24) is 9.80 Å². The summed E-state index contributed by atoms with van der Waals surface area (Å²) in [5.74, 6) is 1.67. The van der Waals surface area contributed by atoms with E-state index in [1.165, 1.54) is 25.7 Å². The van der Waals surface area contributed by atoms with Crippen molar-refractivity contribution in [3.63, 3.8) is 0 Å². The number of rotatable bonds is 6. The van der Waals surface area contributed by atoms with E-state index in [-0.39, 0.29) is 5.92 Å². The number of likely N-dealkylation sites (tertiary alicyclic amines) is 1. The first-order valence-corrected chi connectivity index (χ1v) is 8.00. The van der Waals surface area contributed by atoms with Crippen LogP contribution in [-0.4, -0.2) is 55.7 Å². The lowest BCUT2D eigenvalue weighted by molar-refractivity contribution is 0.113. The first kappa shape index (κ1) is 15.2. The summed E-state index contributed by atoms with van der Waals surface area (Å²) >= 11 is 0. The Morgan fingerprint density at radius 2 is 1.89 bits per heavy atom. The lowest BCUT2D eigenvalue weighted by atomic mass is 9.77. The molecule has 0 aromatic carbocycles. The van der Waals surface area contributed by atoms with Gasteiger partial charge >= 0.3 is 0 Å². The molecule has 1 saturated heterocycles. The molecule has 0 bridgehead atoms. The molecule has 2 rings (SSSR count). The maximum absolute atomic E-state index is 13.8. The second kappa shape index (κ2) is 6.53. The van der Waals surface area contributed by atoms with Gasteiger partial charge in [-0.2, -0.15) is 0 Å². The molecule has 19 heavy (non-hydrogen) atoms. The van der Waals surface area contributed by atoms with Crippen LogP contribution in [0, 0.1) is 17.8 Å². The highest BCUT2D eigenvalue weighted by molar-refractivity contribution is 4.87. The molecule has 2 aliphatic rings. The summed E-state index contributed by atoms with van der Waals surface area (Å²) in [4.78, 5) is 4.69. The van der Waals surface area contributed by atoms with Gasteiger partial charge < -0.3 is 9.80 Å². The van der Waals surface area contributed by atoms with Crippen molar-refractivity contribution in [2.24, 2.45) is 17.8 Å². The molecule has 2 nitrogen and oxygen atoms in total. The minimum atomic E-state index is -0.596. The molecule has 1 heterocycles. The zero-order valence-electron chi connectivity index (χ0n) is 13.1. The average molecular weight is 270 g/mol. The predicted molar refractivity (Wildman–Crippen MR) is 79.1 cm³/mol. The third-order valence-electron chi connectivity index (χ3n) is 5.25. The molecule has 1 saturated carbocycles. The Labute approximate surface area is 118 Å². The van der Waals surface area contributed by atoms with Crippen LogP contribution in [0.25, 0.3) is 0 Å². The fourth-order valence-corrected chi connectivity index (χ4v) is 3.64. The predicted octanol–water partition coefficient (Wildman–Crippen LogP) is 3.03. The molecule has 2 fully saturated rings. The molecular formula is C16H31FN2. The van der Waals surface area contributed by atoms with E-state index < -0.39 is 6.17 Å². The number of nitrogens with zero attached hydrogens (tertiary/aromatic N) is 2. The summed E-state index contributed by atoms with van der Waals surface area (Å²) in [7, 11) is 4.36. The third kappa shape index (κ3) is 3.91. The molecule has 0 amide bonds. The van der Waals surface area contributed by atoms with Crippen molar-refractivity contribution >= 4 is 0 Å². The minimum absolute atomic E-state index is 0.266. The van der Waals surface area contributed by atoms with Gasteiger partial charge in [0.2, 0.25) is 0 Å². The zero-order valence-corrected chi connectivity index (χ0v) is 13.1. The van der Waals surface area contributed by atoms with Gasteiger partial charge in [0.15, 0.2) is 0 Å². The molecule has 112 valence electrons. The van der Waals surface area contributed by atoms with Gasteiger partial charge in [0.1, 0.15) is 6.17 Å². The Morgan fingerprint density at radius 3 is 2.42 bits per heavy atom. The topological polar surface area (TPSA) is 6.48 Å². The standard InChI is InChI=1S/C16H31FN2/c1-12(2)15-10-19(11-16(15)17)7-5-6-13-8-14(9-13)18(3)4/h12-16H,5-11H2,1-4H3/t13?,14?,15-,16-/m0/s1. The molecule has 0 N–H and O–H groups in total. The highest BCUT2D eigenvalue weighted by Gasteiger charge is 2.35. The minimum Gasteiger partial charge on any atom is -0.306 e. The SMILES string of the molecule is CC(C)[C@@H]1CN(CCCC2CC(N(C)C)C2)C[C@@H]1F. The van der Waals surface area contributed by atoms with E-state index in [1.54, 1.807) is 0 Å². The normalized spacial score (nSPS) is 36.2. The van der Waals surface area contributed by atoms with Gasteiger partial charge in [-0.3, -0.25) is 0 Å². The molecule has 1 aliphatic carbocycles. The first-order chi connectivity index (χ1) is 8.97. The summed E-state index contributed by atoms with van der Waals surface area (Å²) < 4.78 is 13.8. The number of hydrogen-bond donors (Lipinski definition) is 0. The highest BCUT2D eigenvalue weighted by atomic mass is 19.1. The van der Waals surface area contributed by atoms with Crippen LogP contribution in [-0.2, 0) is 0 Å². The van der Waals surface area contributed by atoms with Gasteiger partial charge in [-0.05, 0) is 58.2 Å². The van der Waals surface area contributed by atoms with Crippen LogP contribution in [0.2, 0.25) is 0 Å². The molecule has 0 radical (unpaired) electrons. The fraction of sp³-hybridized carbons (Fsp3) is 1.00. The smallest absolute Gasteiger partial charge is 0.117 e. The van der Waals surface area contributed by atoms with Crippen LogP contribution in [0.4, 0.5) is 4.39 Å². The Bertz CT molecular complexity index is 274. The van der Waals surface area contributed by atoms with Crippen LogP contribution < -0.4 is 0 Å². The fourth-order valence-electron chi connectivity index (χ4n) is 3.64. The second-order valence-electron chi connectivity index (χ2n) is 7.28. The van der Waals surface area contributed by atoms with E-state index in [2.05, 4.69) is 37.7 Å². The van der Waals surface area contributed by atoms with Crippen LogP contribution in [0.5, 0.6) is 0 Å². The van der Waals surface area contributed by atoms with Gasteiger partial charge in [-0.15, -0.1) is 0 Å². The molecule has 1 aliphatic heterocycles. The van der Waals surface area contributed by atoms with Crippen molar-refractivity contribution < 1.29 is 4.39 Å². The molecule has 2 atom stereocenters. The van der Waals surface area contributed by atoms with Crippen LogP contribution in [0.15, 0.2) is 0 Å². The maximum atomic E-state index is 13.8. The van der Waals surface area contributed by atoms with Crippen molar-refractivity contribution in [1.29, 1.82) is 0 Å². The van der Waals surface area contributed by atoms with Gasteiger partial charge in [0.05, 0.1) is 0 Å². The quantitative estimate of drug-likeness (QED) is 0.732. The lowest BCUT2D eigenvalue weighted by Gasteiger charge is -2.40.